The lowest BCUT2D eigenvalue weighted by atomic mass is 9.69. The third-order valence-corrected chi connectivity index (χ3v) is 25.1. The fourth-order valence-corrected chi connectivity index (χ4v) is 20.5. The molecule has 6 aromatic rings. The van der Waals surface area contributed by atoms with Gasteiger partial charge in [0, 0.05) is 16.7 Å². The largest absolute Gasteiger partial charge is 0.454 e. The maximum atomic E-state index is 12.4. The van der Waals surface area contributed by atoms with E-state index in [9.17, 15) is 15.3 Å². The number of nitrogens with zero attached hydrogens (tertiary/aromatic N) is 3. The highest BCUT2D eigenvalue weighted by molar-refractivity contribution is 8.11. The van der Waals surface area contributed by atoms with Crippen LogP contribution in [-0.2, 0) is 50.7 Å². The van der Waals surface area contributed by atoms with Gasteiger partial charge in [0.25, 0.3) is 0 Å². The number of benzene rings is 6. The molecule has 9 aliphatic heterocycles. The first kappa shape index (κ1) is 55.1. The second kappa shape index (κ2) is 20.1. The van der Waals surface area contributed by atoms with Crippen molar-refractivity contribution in [2.75, 3.05) is 101 Å². The molecule has 18 rings (SSSR count). The number of rotatable bonds is 12. The Hall–Kier alpha value is -6.79. The minimum Gasteiger partial charge on any atom is -0.454 e. The minimum absolute atomic E-state index is 0.142. The normalized spacial score (nSPS) is 31.2. The molecule has 3 unspecified atom stereocenters. The van der Waals surface area contributed by atoms with Crippen LogP contribution in [0, 0.1) is 0 Å². The molecule has 3 aliphatic carbocycles. The van der Waals surface area contributed by atoms with Crippen LogP contribution >= 0.6 is 6.49 Å². The number of hydrogen-bond donors (Lipinski definition) is 6. The van der Waals surface area contributed by atoms with Crippen molar-refractivity contribution < 1.29 is 85.6 Å². The fourth-order valence-electron chi connectivity index (χ4n) is 18.1. The predicted octanol–water partition coefficient (Wildman–Crippen LogP) is 6.56. The molecule has 21 nitrogen and oxygen atoms in total. The Kier molecular flexibility index (Phi) is 12.4. The fraction of sp³-hybridized carbons (Fsp3) is 0.455. The molecule has 0 aromatic heterocycles. The van der Waals surface area contributed by atoms with Crippen LogP contribution in [0.1, 0.15) is 103 Å². The molecule has 464 valence electrons. The molecule has 0 bridgehead atoms. The second-order valence-corrected chi connectivity index (χ2v) is 30.8. The van der Waals surface area contributed by atoms with Crippen molar-refractivity contribution in [2.45, 2.75) is 93.1 Å². The van der Waals surface area contributed by atoms with Gasteiger partial charge >= 0.3 is 0 Å². The van der Waals surface area contributed by atoms with Crippen LogP contribution in [0.25, 0.3) is 0 Å². The molecule has 0 amide bonds. The summed E-state index contributed by atoms with van der Waals surface area (Å²) in [5.41, 5.74) is 13.0. The van der Waals surface area contributed by atoms with Crippen molar-refractivity contribution in [3.8, 4) is 69.0 Å². The summed E-state index contributed by atoms with van der Waals surface area (Å²) in [6.45, 7) is 3.20. The van der Waals surface area contributed by atoms with Crippen LogP contribution < -0.4 is 72.1 Å². The van der Waals surface area contributed by atoms with Gasteiger partial charge in [-0.1, -0.05) is 18.2 Å². The van der Waals surface area contributed by atoms with Crippen LogP contribution in [-0.4, -0.2) is 148 Å². The Morgan fingerprint density at radius 3 is 0.955 bits per heavy atom. The van der Waals surface area contributed by atoms with Crippen molar-refractivity contribution in [3.05, 3.63) is 140 Å². The maximum absolute atomic E-state index is 12.4. The number of fused-ring (bicyclic) bond motifs is 24. The van der Waals surface area contributed by atoms with Crippen molar-refractivity contribution in [2.24, 2.45) is 0 Å². The average molecular weight is 1250 g/mol. The first-order valence-corrected chi connectivity index (χ1v) is 33.9. The van der Waals surface area contributed by atoms with Gasteiger partial charge in [0.1, 0.15) is 44.2 Å². The monoisotopic (exact) mass is 1250 g/mol. The summed E-state index contributed by atoms with van der Waals surface area (Å²) in [6.07, 6.45) is -0.622. The molecule has 89 heavy (non-hydrogen) atoms. The number of likely N-dealkylation sites (N-methyl/N-ethyl adjacent to an activating group) is 3. The molecule has 0 fully saturated rings. The quantitative estimate of drug-likeness (QED) is 0.0567. The summed E-state index contributed by atoms with van der Waals surface area (Å²) >= 11 is 7.08. The molecular weight excluding hydrogens is 1180 g/mol. The van der Waals surface area contributed by atoms with Gasteiger partial charge in [-0.2, -0.15) is 0 Å². The topological polar surface area (TPSA) is 208 Å². The molecular formula is C66H72N6O15PS+3. The average Bonchev–Trinajstić information content (AvgIpc) is 1.59. The molecule has 12 atom stereocenters. The lowest BCUT2D eigenvalue weighted by molar-refractivity contribution is -0.956. The van der Waals surface area contributed by atoms with Gasteiger partial charge in [-0.25, -0.2) is 0 Å². The van der Waals surface area contributed by atoms with Crippen molar-refractivity contribution in [1.29, 1.82) is 0 Å². The Bertz CT molecular complexity index is 3650. The Labute approximate surface area is 519 Å². The van der Waals surface area contributed by atoms with Crippen LogP contribution in [0.4, 0.5) is 0 Å². The van der Waals surface area contributed by atoms with Crippen LogP contribution in [0.3, 0.4) is 0 Å². The third-order valence-electron chi connectivity index (χ3n) is 22.0. The molecule has 0 radical (unpaired) electrons. The van der Waals surface area contributed by atoms with Gasteiger partial charge in [0.2, 0.25) is 40.8 Å². The molecule has 0 spiro atoms. The van der Waals surface area contributed by atoms with E-state index in [4.69, 9.17) is 68.6 Å². The third kappa shape index (κ3) is 8.47. The Morgan fingerprint density at radius 1 is 0.382 bits per heavy atom. The molecule has 0 saturated carbocycles. The van der Waals surface area contributed by atoms with Gasteiger partial charge in [-0.3, -0.25) is 15.3 Å². The van der Waals surface area contributed by atoms with Crippen LogP contribution in [0.5, 0.6) is 69.0 Å². The SMILES string of the molecule is C[N+]1(CCNP(=S)(NCC[N+]2(C)Cc3c(ccc4c3OCO4)[C@@H]3[C@H](O)Cc4cc5c(cc4[C@@H]32)OCO5)NCC[N+]2(C)Cc3c(ccc4c3OCO4)[C@@H]3[C@H](O)Cc4cc5c(cc4[C@@H]32)OCO5)Cc2c(ccc3c2OCO3)[C@@H]2[C@H](O)Cc3cc4c(cc3[C@@H]21)OCO4. The number of ether oxygens (including phenoxy) is 12. The van der Waals surface area contributed by atoms with Gasteiger partial charge < -0.3 is 85.6 Å². The zero-order valence-corrected chi connectivity index (χ0v) is 51.5. The summed E-state index contributed by atoms with van der Waals surface area (Å²) < 4.78 is 74.2. The summed E-state index contributed by atoms with van der Waals surface area (Å²) in [4.78, 5) is 0. The zero-order valence-electron chi connectivity index (χ0n) is 49.8. The van der Waals surface area contributed by atoms with Crippen molar-refractivity contribution in [1.82, 2.24) is 15.3 Å². The predicted molar refractivity (Wildman–Crippen MR) is 324 cm³/mol. The first-order valence-electron chi connectivity index (χ1n) is 31.1. The van der Waals surface area contributed by atoms with Gasteiger partial charge in [-0.15, -0.1) is 0 Å². The Balaban J connectivity index is 0.697. The molecule has 6 N–H and O–H groups in total. The smallest absolute Gasteiger partial charge is 0.231 e. The van der Waals surface area contributed by atoms with E-state index in [1.165, 1.54) is 0 Å². The van der Waals surface area contributed by atoms with E-state index >= 15 is 0 Å². The standard InChI is InChI=1S/C66H72N6O15PS/c1-70(25-43-37(4-7-49-64(43)85-31-76-49)58-46(73)16-34-19-52-55(82-28-79-52)22-40(34)61(58)70)13-10-67-88(89,68-11-14-71(2)26-44-38(5-8-50-65(44)86-32-77-50)59-47(74)17-35-20-53-56(83-29-80-53)23-41(35)62(59)71)69-12-15-72(3)27-45-39(6-9-51-66(45)87-33-78-51)60-48(75)18-36-21-54-57(84-30-81-54)24-42(36)63(60)72/h4-9,19-24,46-48,58-63,73-75H,10-18,25-33H2,1-3H3,(H3,67,68,69,89)/q+3/t46-,47-,48-,58-,59-,60-,61+,62+,63+,70?,71?,72?,88?/m1/s1. The summed E-state index contributed by atoms with van der Waals surface area (Å²) in [6, 6.07) is 24.5. The summed E-state index contributed by atoms with van der Waals surface area (Å²) in [5.74, 6) is 7.90. The summed E-state index contributed by atoms with van der Waals surface area (Å²) in [5, 5.41) is 49.3. The molecule has 23 heteroatoms. The first-order chi connectivity index (χ1) is 43.2. The van der Waals surface area contributed by atoms with Crippen LogP contribution in [0.2, 0.25) is 0 Å². The van der Waals surface area contributed by atoms with Crippen molar-refractivity contribution >= 4 is 18.3 Å². The maximum Gasteiger partial charge on any atom is 0.231 e. The number of aliphatic hydroxyl groups is 3. The molecule has 12 aliphatic rings. The highest BCUT2D eigenvalue weighted by Crippen LogP contribution is 2.61. The van der Waals surface area contributed by atoms with E-state index in [2.05, 4.69) is 91.0 Å². The Morgan fingerprint density at radius 2 is 0.652 bits per heavy atom. The number of nitrogens with one attached hydrogen (secondary N) is 3. The van der Waals surface area contributed by atoms with Gasteiger partial charge in [0.15, 0.2) is 69.0 Å². The highest BCUT2D eigenvalue weighted by Gasteiger charge is 2.57. The van der Waals surface area contributed by atoms with E-state index < -0.39 is 24.8 Å². The lowest BCUT2D eigenvalue weighted by Gasteiger charge is -2.53. The van der Waals surface area contributed by atoms with E-state index in [1.807, 2.05) is 18.2 Å². The van der Waals surface area contributed by atoms with Gasteiger partial charge in [-0.05, 0) is 119 Å². The van der Waals surface area contributed by atoms with Crippen LogP contribution in [0.15, 0.2) is 72.8 Å². The van der Waals surface area contributed by atoms with Gasteiger partial charge in [0.05, 0.1) is 113 Å². The van der Waals surface area contributed by atoms with E-state index in [-0.39, 0.29) is 76.6 Å². The zero-order chi connectivity index (χ0) is 59.9. The molecule has 0 saturated heterocycles. The highest BCUT2D eigenvalue weighted by atomic mass is 32.4. The minimum atomic E-state index is -2.96. The second-order valence-electron chi connectivity index (χ2n) is 27.0. The van der Waals surface area contributed by atoms with E-state index in [1.54, 1.807) is 0 Å². The number of hydrogen-bond acceptors (Lipinski definition) is 16. The molecule has 6 aromatic carbocycles. The van der Waals surface area contributed by atoms with E-state index in [0.717, 1.165) is 101 Å². The summed E-state index contributed by atoms with van der Waals surface area (Å²) in [7, 11) is 6.88. The lowest BCUT2D eigenvalue weighted by Crippen LogP contribution is -2.58. The molecule has 9 heterocycles. The van der Waals surface area contributed by atoms with E-state index in [0.29, 0.717) is 126 Å². The van der Waals surface area contributed by atoms with Crippen molar-refractivity contribution in [3.63, 3.8) is 0 Å². The number of quaternary nitrogens is 3. The number of aliphatic hydroxyl groups excluding tert-OH is 3.